The normalized spacial score (nSPS) is 24.7. The first kappa shape index (κ1) is 16.9. The summed E-state index contributed by atoms with van der Waals surface area (Å²) < 4.78 is 10.8. The Morgan fingerprint density at radius 3 is 2.88 bits per heavy atom. The van der Waals surface area contributed by atoms with Crippen molar-refractivity contribution in [2.45, 2.75) is 51.2 Å². The van der Waals surface area contributed by atoms with Crippen LogP contribution in [0.15, 0.2) is 4.52 Å². The largest absolute Gasteiger partial charge is 0.366 e. The molecule has 24 heavy (non-hydrogen) atoms. The summed E-state index contributed by atoms with van der Waals surface area (Å²) in [5.74, 6) is 1.27. The van der Waals surface area contributed by atoms with E-state index in [1.807, 2.05) is 18.9 Å². The SMILES string of the molecule is CCc1noc(CCC(=O)N2CC[C@@H]3OCC(=O)N(C)[C@H]3CC2)n1. The molecule has 8 nitrogen and oxygen atoms in total. The monoisotopic (exact) mass is 336 g/mol. The molecule has 2 aliphatic rings. The quantitative estimate of drug-likeness (QED) is 0.791. The van der Waals surface area contributed by atoms with Gasteiger partial charge in [0, 0.05) is 39.4 Å². The number of aryl methyl sites for hydroxylation is 2. The van der Waals surface area contributed by atoms with Gasteiger partial charge in [0.15, 0.2) is 5.82 Å². The second-order valence-electron chi connectivity index (χ2n) is 6.34. The number of hydrogen-bond donors (Lipinski definition) is 0. The van der Waals surface area contributed by atoms with Crippen molar-refractivity contribution >= 4 is 11.8 Å². The summed E-state index contributed by atoms with van der Waals surface area (Å²) in [5, 5.41) is 3.84. The summed E-state index contributed by atoms with van der Waals surface area (Å²) in [6.45, 7) is 3.40. The van der Waals surface area contributed by atoms with E-state index < -0.39 is 0 Å². The Labute approximate surface area is 141 Å². The predicted octanol–water partition coefficient (Wildman–Crippen LogP) is 0.413. The lowest BCUT2D eigenvalue weighted by Crippen LogP contribution is -2.52. The Morgan fingerprint density at radius 2 is 2.12 bits per heavy atom. The van der Waals surface area contributed by atoms with E-state index in [0.717, 1.165) is 19.3 Å². The minimum absolute atomic E-state index is 0.0131. The molecule has 2 fully saturated rings. The first-order valence-electron chi connectivity index (χ1n) is 8.55. The Balaban J connectivity index is 1.53. The molecule has 0 saturated carbocycles. The maximum absolute atomic E-state index is 12.5. The van der Waals surface area contributed by atoms with Gasteiger partial charge in [-0.2, -0.15) is 4.98 Å². The molecular weight excluding hydrogens is 312 g/mol. The number of carbonyl (C=O) groups is 2. The fourth-order valence-corrected chi connectivity index (χ4v) is 3.32. The number of amides is 2. The molecule has 1 aromatic rings. The molecule has 0 radical (unpaired) electrons. The summed E-state index contributed by atoms with van der Waals surface area (Å²) in [6, 6.07) is 0.0621. The molecule has 2 amide bonds. The van der Waals surface area contributed by atoms with Crippen LogP contribution >= 0.6 is 0 Å². The van der Waals surface area contributed by atoms with Crippen LogP contribution in [0.5, 0.6) is 0 Å². The molecule has 2 saturated heterocycles. The van der Waals surface area contributed by atoms with Gasteiger partial charge in [-0.15, -0.1) is 0 Å². The molecule has 3 rings (SSSR count). The van der Waals surface area contributed by atoms with Crippen LogP contribution in [0.3, 0.4) is 0 Å². The molecule has 0 N–H and O–H groups in total. The average Bonchev–Trinajstić information content (AvgIpc) is 2.94. The van der Waals surface area contributed by atoms with Crippen LogP contribution in [-0.4, -0.2) is 70.6 Å². The number of fused-ring (bicyclic) bond motifs is 1. The van der Waals surface area contributed by atoms with Crippen LogP contribution in [-0.2, 0) is 27.2 Å². The molecule has 0 spiro atoms. The fraction of sp³-hybridized carbons (Fsp3) is 0.750. The summed E-state index contributed by atoms with van der Waals surface area (Å²) in [7, 11) is 1.82. The topological polar surface area (TPSA) is 88.8 Å². The van der Waals surface area contributed by atoms with E-state index in [1.165, 1.54) is 0 Å². The number of morpholine rings is 1. The van der Waals surface area contributed by atoms with Crippen LogP contribution < -0.4 is 0 Å². The van der Waals surface area contributed by atoms with Crippen LogP contribution in [0.1, 0.15) is 37.9 Å². The maximum Gasteiger partial charge on any atom is 0.248 e. The Kier molecular flexibility index (Phi) is 5.13. The summed E-state index contributed by atoms with van der Waals surface area (Å²) >= 11 is 0. The summed E-state index contributed by atoms with van der Waals surface area (Å²) in [6.07, 6.45) is 3.07. The number of rotatable bonds is 4. The van der Waals surface area contributed by atoms with Crippen molar-refractivity contribution in [1.82, 2.24) is 19.9 Å². The number of hydrogen-bond acceptors (Lipinski definition) is 6. The van der Waals surface area contributed by atoms with Crippen LogP contribution in [0, 0.1) is 0 Å². The highest BCUT2D eigenvalue weighted by molar-refractivity contribution is 5.78. The van der Waals surface area contributed by atoms with Crippen LogP contribution in [0.25, 0.3) is 0 Å². The van der Waals surface area contributed by atoms with E-state index in [1.54, 1.807) is 4.90 Å². The molecule has 2 aliphatic heterocycles. The van der Waals surface area contributed by atoms with E-state index in [2.05, 4.69) is 10.1 Å². The van der Waals surface area contributed by atoms with Gasteiger partial charge in [-0.3, -0.25) is 9.59 Å². The van der Waals surface area contributed by atoms with Crippen molar-refractivity contribution in [3.63, 3.8) is 0 Å². The zero-order chi connectivity index (χ0) is 17.1. The third-order valence-corrected chi connectivity index (χ3v) is 4.85. The van der Waals surface area contributed by atoms with Gasteiger partial charge in [-0.05, 0) is 12.8 Å². The van der Waals surface area contributed by atoms with Crippen molar-refractivity contribution < 1.29 is 18.8 Å². The van der Waals surface area contributed by atoms with Gasteiger partial charge >= 0.3 is 0 Å². The van der Waals surface area contributed by atoms with Gasteiger partial charge in [0.1, 0.15) is 6.61 Å². The number of aromatic nitrogens is 2. The van der Waals surface area contributed by atoms with E-state index in [9.17, 15) is 9.59 Å². The molecule has 2 atom stereocenters. The highest BCUT2D eigenvalue weighted by atomic mass is 16.5. The molecule has 8 heteroatoms. The van der Waals surface area contributed by atoms with Crippen molar-refractivity contribution in [3.8, 4) is 0 Å². The van der Waals surface area contributed by atoms with E-state index in [-0.39, 0.29) is 30.6 Å². The number of likely N-dealkylation sites (N-methyl/N-ethyl adjacent to an activating group) is 1. The van der Waals surface area contributed by atoms with Crippen molar-refractivity contribution in [2.24, 2.45) is 0 Å². The second-order valence-corrected chi connectivity index (χ2v) is 6.34. The standard InChI is InChI=1S/C16H24N4O4/c1-3-13-17-14(24-18-13)4-5-15(21)20-8-6-11-12(7-9-20)23-10-16(22)19(11)2/h11-12H,3-10H2,1-2H3/t11-,12-/m0/s1. The fourth-order valence-electron chi connectivity index (χ4n) is 3.32. The number of nitrogens with zero attached hydrogens (tertiary/aromatic N) is 4. The van der Waals surface area contributed by atoms with Gasteiger partial charge < -0.3 is 19.1 Å². The third kappa shape index (κ3) is 3.58. The van der Waals surface area contributed by atoms with Gasteiger partial charge in [-0.1, -0.05) is 12.1 Å². The number of carbonyl (C=O) groups excluding carboxylic acids is 2. The summed E-state index contributed by atoms with van der Waals surface area (Å²) in [4.78, 5) is 32.1. The highest BCUT2D eigenvalue weighted by Gasteiger charge is 2.37. The number of ether oxygens (including phenoxy) is 1. The van der Waals surface area contributed by atoms with E-state index in [4.69, 9.17) is 9.26 Å². The molecule has 0 unspecified atom stereocenters. The van der Waals surface area contributed by atoms with Crippen molar-refractivity contribution in [3.05, 3.63) is 11.7 Å². The third-order valence-electron chi connectivity index (χ3n) is 4.85. The maximum atomic E-state index is 12.5. The van der Waals surface area contributed by atoms with Gasteiger partial charge in [-0.25, -0.2) is 0 Å². The summed E-state index contributed by atoms with van der Waals surface area (Å²) in [5.41, 5.74) is 0. The first-order valence-corrected chi connectivity index (χ1v) is 8.55. The molecule has 0 bridgehead atoms. The Hall–Kier alpha value is -1.96. The zero-order valence-electron chi connectivity index (χ0n) is 14.2. The molecular formula is C16H24N4O4. The predicted molar refractivity (Wildman–Crippen MR) is 84.1 cm³/mol. The van der Waals surface area contributed by atoms with Gasteiger partial charge in [0.25, 0.3) is 0 Å². The lowest BCUT2D eigenvalue weighted by Gasteiger charge is -2.37. The first-order chi connectivity index (χ1) is 11.6. The molecule has 0 aliphatic carbocycles. The second kappa shape index (κ2) is 7.29. The Morgan fingerprint density at radius 1 is 1.33 bits per heavy atom. The molecule has 0 aromatic carbocycles. The van der Waals surface area contributed by atoms with Crippen molar-refractivity contribution in [2.75, 3.05) is 26.7 Å². The van der Waals surface area contributed by atoms with Gasteiger partial charge in [0.2, 0.25) is 17.7 Å². The zero-order valence-corrected chi connectivity index (χ0v) is 14.2. The van der Waals surface area contributed by atoms with E-state index in [0.29, 0.717) is 37.6 Å². The molecule has 3 heterocycles. The smallest absolute Gasteiger partial charge is 0.248 e. The van der Waals surface area contributed by atoms with Crippen molar-refractivity contribution in [1.29, 1.82) is 0 Å². The minimum Gasteiger partial charge on any atom is -0.366 e. The van der Waals surface area contributed by atoms with E-state index >= 15 is 0 Å². The van der Waals surface area contributed by atoms with Crippen LogP contribution in [0.4, 0.5) is 0 Å². The minimum atomic E-state index is 0.0131. The lowest BCUT2D eigenvalue weighted by molar-refractivity contribution is -0.154. The lowest BCUT2D eigenvalue weighted by atomic mass is 10.0. The van der Waals surface area contributed by atoms with Gasteiger partial charge in [0.05, 0.1) is 12.1 Å². The van der Waals surface area contributed by atoms with Crippen LogP contribution in [0.2, 0.25) is 0 Å². The Bertz CT molecular complexity index is 603. The number of likely N-dealkylation sites (tertiary alicyclic amines) is 1. The average molecular weight is 336 g/mol. The highest BCUT2D eigenvalue weighted by Crippen LogP contribution is 2.23. The molecule has 1 aromatic heterocycles. The molecule has 132 valence electrons.